The Balaban J connectivity index is 2.54. The van der Waals surface area contributed by atoms with Gasteiger partial charge in [-0.2, -0.15) is 0 Å². The van der Waals surface area contributed by atoms with Gasteiger partial charge in [-0.15, -0.1) is 0 Å². The van der Waals surface area contributed by atoms with Crippen molar-refractivity contribution in [3.05, 3.63) is 33.4 Å². The molecule has 13 heavy (non-hydrogen) atoms. The minimum Gasteiger partial charge on any atom is -0.299 e. The van der Waals surface area contributed by atoms with Crippen LogP contribution >= 0.6 is 22.6 Å². The topological polar surface area (TPSA) is 17.1 Å². The molecule has 0 aromatic heterocycles. The molecule has 0 N–H and O–H groups in total. The number of hydrogen-bond donors (Lipinski definition) is 0. The lowest BCUT2D eigenvalue weighted by atomic mass is 10.1. The smallest absolute Gasteiger partial charge is 0.137 e. The van der Waals surface area contributed by atoms with Gasteiger partial charge in [-0.05, 0) is 46.7 Å². The summed E-state index contributed by atoms with van der Waals surface area (Å²) >= 11 is 2.26. The molecule has 70 valence electrons. The third-order valence-electron chi connectivity index (χ3n) is 1.84. The van der Waals surface area contributed by atoms with Crippen molar-refractivity contribution in [3.63, 3.8) is 0 Å². The van der Waals surface area contributed by atoms with Gasteiger partial charge in [0.25, 0.3) is 0 Å². The average molecular weight is 288 g/mol. The van der Waals surface area contributed by atoms with E-state index in [1.165, 1.54) is 3.57 Å². The highest BCUT2D eigenvalue weighted by atomic mass is 127. The lowest BCUT2D eigenvalue weighted by Gasteiger charge is -1.99. The van der Waals surface area contributed by atoms with E-state index in [2.05, 4.69) is 22.6 Å². The van der Waals surface area contributed by atoms with Crippen LogP contribution in [0.1, 0.15) is 25.3 Å². The maximum absolute atomic E-state index is 11.3. The van der Waals surface area contributed by atoms with Crippen LogP contribution in [-0.4, -0.2) is 5.78 Å². The zero-order valence-corrected chi connectivity index (χ0v) is 9.87. The minimum absolute atomic E-state index is 0.337. The highest BCUT2D eigenvalue weighted by molar-refractivity contribution is 14.1. The SMILES string of the molecule is CCCC(=O)Cc1ccc(I)cc1. The van der Waals surface area contributed by atoms with Gasteiger partial charge in [0, 0.05) is 16.4 Å². The summed E-state index contributed by atoms with van der Waals surface area (Å²) in [6, 6.07) is 8.12. The number of halogens is 1. The summed E-state index contributed by atoms with van der Waals surface area (Å²) in [5.74, 6) is 0.337. The molecule has 0 aliphatic rings. The van der Waals surface area contributed by atoms with E-state index in [4.69, 9.17) is 0 Å². The van der Waals surface area contributed by atoms with Crippen molar-refractivity contribution < 1.29 is 4.79 Å². The van der Waals surface area contributed by atoms with E-state index in [1.807, 2.05) is 31.2 Å². The van der Waals surface area contributed by atoms with E-state index in [1.54, 1.807) is 0 Å². The fourth-order valence-electron chi connectivity index (χ4n) is 1.20. The van der Waals surface area contributed by atoms with E-state index in [9.17, 15) is 4.79 Å². The molecular formula is C11H13IO. The molecule has 1 aromatic carbocycles. The standard InChI is InChI=1S/C11H13IO/c1-2-3-11(13)8-9-4-6-10(12)7-5-9/h4-7H,2-3,8H2,1H3. The molecule has 0 bridgehead atoms. The second-order valence-corrected chi connectivity index (χ2v) is 4.34. The van der Waals surface area contributed by atoms with Crippen molar-refractivity contribution in [2.24, 2.45) is 0 Å². The van der Waals surface area contributed by atoms with Crippen LogP contribution in [0.3, 0.4) is 0 Å². The molecular weight excluding hydrogens is 275 g/mol. The van der Waals surface area contributed by atoms with Gasteiger partial charge in [-0.1, -0.05) is 19.1 Å². The largest absolute Gasteiger partial charge is 0.299 e. The molecule has 0 spiro atoms. The first kappa shape index (κ1) is 10.7. The van der Waals surface area contributed by atoms with Crippen LogP contribution in [0.15, 0.2) is 24.3 Å². The van der Waals surface area contributed by atoms with E-state index < -0.39 is 0 Å². The van der Waals surface area contributed by atoms with Gasteiger partial charge in [0.15, 0.2) is 0 Å². The van der Waals surface area contributed by atoms with Crippen LogP contribution in [0.4, 0.5) is 0 Å². The van der Waals surface area contributed by atoms with Crippen LogP contribution in [0, 0.1) is 3.57 Å². The van der Waals surface area contributed by atoms with Gasteiger partial charge >= 0.3 is 0 Å². The van der Waals surface area contributed by atoms with Crippen LogP contribution < -0.4 is 0 Å². The van der Waals surface area contributed by atoms with Crippen LogP contribution in [-0.2, 0) is 11.2 Å². The molecule has 1 rings (SSSR count). The molecule has 0 aliphatic heterocycles. The predicted molar refractivity (Wildman–Crippen MR) is 62.8 cm³/mol. The normalized spacial score (nSPS) is 10.0. The first-order valence-corrected chi connectivity index (χ1v) is 5.56. The molecule has 0 unspecified atom stereocenters. The molecule has 0 radical (unpaired) electrons. The van der Waals surface area contributed by atoms with E-state index in [0.717, 1.165) is 12.0 Å². The summed E-state index contributed by atoms with van der Waals surface area (Å²) < 4.78 is 1.21. The Bertz CT molecular complexity index is 277. The summed E-state index contributed by atoms with van der Waals surface area (Å²) in [7, 11) is 0. The van der Waals surface area contributed by atoms with Gasteiger partial charge in [-0.3, -0.25) is 4.79 Å². The van der Waals surface area contributed by atoms with E-state index in [-0.39, 0.29) is 0 Å². The first-order chi connectivity index (χ1) is 6.22. The number of carbonyl (C=O) groups excluding carboxylic acids is 1. The van der Waals surface area contributed by atoms with Gasteiger partial charge in [-0.25, -0.2) is 0 Å². The Kier molecular flexibility index (Phi) is 4.42. The van der Waals surface area contributed by atoms with Gasteiger partial charge in [0.05, 0.1) is 0 Å². The van der Waals surface area contributed by atoms with Crippen molar-refractivity contribution in [3.8, 4) is 0 Å². The average Bonchev–Trinajstić information content (AvgIpc) is 2.09. The van der Waals surface area contributed by atoms with E-state index >= 15 is 0 Å². The number of benzene rings is 1. The van der Waals surface area contributed by atoms with Gasteiger partial charge in [0.2, 0.25) is 0 Å². The second-order valence-electron chi connectivity index (χ2n) is 3.09. The Morgan fingerprint density at radius 2 is 1.92 bits per heavy atom. The number of carbonyl (C=O) groups is 1. The molecule has 0 aliphatic carbocycles. The number of ketones is 1. The fourth-order valence-corrected chi connectivity index (χ4v) is 1.56. The molecule has 1 aromatic rings. The lowest BCUT2D eigenvalue weighted by molar-refractivity contribution is -0.118. The molecule has 0 fully saturated rings. The Hall–Kier alpha value is -0.380. The number of hydrogen-bond acceptors (Lipinski definition) is 1. The predicted octanol–water partition coefficient (Wildman–Crippen LogP) is 3.20. The fraction of sp³-hybridized carbons (Fsp3) is 0.364. The summed E-state index contributed by atoms with van der Waals surface area (Å²) in [5.41, 5.74) is 1.12. The summed E-state index contributed by atoms with van der Waals surface area (Å²) in [6.07, 6.45) is 2.24. The minimum atomic E-state index is 0.337. The first-order valence-electron chi connectivity index (χ1n) is 4.48. The van der Waals surface area contributed by atoms with Crippen molar-refractivity contribution >= 4 is 28.4 Å². The van der Waals surface area contributed by atoms with Gasteiger partial charge < -0.3 is 0 Å². The summed E-state index contributed by atoms with van der Waals surface area (Å²) in [4.78, 5) is 11.3. The molecule has 0 amide bonds. The molecule has 0 atom stereocenters. The third-order valence-corrected chi connectivity index (χ3v) is 2.56. The zero-order chi connectivity index (χ0) is 9.68. The van der Waals surface area contributed by atoms with E-state index in [0.29, 0.717) is 18.6 Å². The van der Waals surface area contributed by atoms with Crippen molar-refractivity contribution in [1.82, 2.24) is 0 Å². The second kappa shape index (κ2) is 5.37. The lowest BCUT2D eigenvalue weighted by Crippen LogP contribution is -2.01. The highest BCUT2D eigenvalue weighted by Crippen LogP contribution is 2.08. The quantitative estimate of drug-likeness (QED) is 0.778. The van der Waals surface area contributed by atoms with Crippen LogP contribution in [0.25, 0.3) is 0 Å². The van der Waals surface area contributed by atoms with Crippen molar-refractivity contribution in [2.75, 3.05) is 0 Å². The Labute approximate surface area is 92.7 Å². The third kappa shape index (κ3) is 3.89. The maximum Gasteiger partial charge on any atom is 0.137 e. The van der Waals surface area contributed by atoms with Crippen molar-refractivity contribution in [1.29, 1.82) is 0 Å². The Morgan fingerprint density at radius 1 is 1.31 bits per heavy atom. The molecule has 0 heterocycles. The Morgan fingerprint density at radius 3 is 2.46 bits per heavy atom. The number of rotatable bonds is 4. The summed E-state index contributed by atoms with van der Waals surface area (Å²) in [6.45, 7) is 2.03. The maximum atomic E-state index is 11.3. The summed E-state index contributed by atoms with van der Waals surface area (Å²) in [5, 5.41) is 0. The molecule has 2 heteroatoms. The van der Waals surface area contributed by atoms with Gasteiger partial charge in [0.1, 0.15) is 5.78 Å². The molecule has 0 saturated carbocycles. The molecule has 0 saturated heterocycles. The van der Waals surface area contributed by atoms with Crippen molar-refractivity contribution in [2.45, 2.75) is 26.2 Å². The van der Waals surface area contributed by atoms with Crippen LogP contribution in [0.5, 0.6) is 0 Å². The monoisotopic (exact) mass is 288 g/mol. The zero-order valence-electron chi connectivity index (χ0n) is 7.72. The highest BCUT2D eigenvalue weighted by Gasteiger charge is 2.01. The molecule has 1 nitrogen and oxygen atoms in total. The number of Topliss-reactive ketones (excluding diaryl/α,β-unsaturated/α-hetero) is 1. The van der Waals surface area contributed by atoms with Crippen LogP contribution in [0.2, 0.25) is 0 Å².